The van der Waals surface area contributed by atoms with Gasteiger partial charge in [0.1, 0.15) is 6.17 Å². The molecule has 0 aliphatic heterocycles. The molecular weight excluding hydrogens is 447 g/mol. The van der Waals surface area contributed by atoms with Crippen LogP contribution in [0.4, 0.5) is 11.4 Å². The second-order valence-electron chi connectivity index (χ2n) is 5.72. The smallest absolute Gasteiger partial charge is 0.269 e. The van der Waals surface area contributed by atoms with E-state index in [0.717, 1.165) is 5.56 Å². The number of aryl methyl sites for hydroxylation is 1. The van der Waals surface area contributed by atoms with Gasteiger partial charge < -0.3 is 16.0 Å². The molecule has 0 aliphatic carbocycles. The Kier molecular flexibility index (Phi) is 7.42. The fourth-order valence-electron chi connectivity index (χ4n) is 2.08. The lowest BCUT2D eigenvalue weighted by Gasteiger charge is -2.27. The number of alkyl halides is 3. The molecule has 148 valence electrons. The number of nitro groups is 1. The maximum atomic E-state index is 12.4. The molecule has 0 aliphatic rings. The largest absolute Gasteiger partial charge is 0.339 e. The van der Waals surface area contributed by atoms with E-state index in [-0.39, 0.29) is 16.4 Å². The van der Waals surface area contributed by atoms with Crippen LogP contribution in [-0.4, -0.2) is 25.9 Å². The molecule has 0 fully saturated rings. The normalized spacial score (nSPS) is 12.0. The third-order valence-electron chi connectivity index (χ3n) is 3.53. The first-order valence-electron chi connectivity index (χ1n) is 7.82. The molecular formula is C17H15Cl3N4O3S. The molecule has 1 unspecified atom stereocenters. The lowest BCUT2D eigenvalue weighted by atomic mass is 10.2. The molecule has 0 saturated carbocycles. The van der Waals surface area contributed by atoms with E-state index in [1.807, 2.05) is 31.2 Å². The highest BCUT2D eigenvalue weighted by Gasteiger charge is 2.35. The van der Waals surface area contributed by atoms with Gasteiger partial charge >= 0.3 is 0 Å². The summed E-state index contributed by atoms with van der Waals surface area (Å²) < 4.78 is -1.92. The number of halogens is 3. The summed E-state index contributed by atoms with van der Waals surface area (Å²) in [4.78, 5) is 22.5. The van der Waals surface area contributed by atoms with Crippen molar-refractivity contribution in [1.82, 2.24) is 10.6 Å². The summed E-state index contributed by atoms with van der Waals surface area (Å²) in [5, 5.41) is 19.0. The molecule has 0 radical (unpaired) electrons. The van der Waals surface area contributed by atoms with Crippen molar-refractivity contribution in [3.63, 3.8) is 0 Å². The molecule has 11 heteroatoms. The lowest BCUT2D eigenvalue weighted by Crippen LogP contribution is -2.56. The van der Waals surface area contributed by atoms with E-state index in [1.165, 1.54) is 24.3 Å². The van der Waals surface area contributed by atoms with Gasteiger partial charge in [0.15, 0.2) is 5.11 Å². The molecule has 2 aromatic carbocycles. The highest BCUT2D eigenvalue weighted by Crippen LogP contribution is 2.29. The lowest BCUT2D eigenvalue weighted by molar-refractivity contribution is -0.384. The van der Waals surface area contributed by atoms with Crippen LogP contribution in [0.3, 0.4) is 0 Å². The number of nitro benzene ring substituents is 1. The van der Waals surface area contributed by atoms with Crippen molar-refractivity contribution in [2.24, 2.45) is 0 Å². The van der Waals surface area contributed by atoms with E-state index in [0.29, 0.717) is 5.69 Å². The van der Waals surface area contributed by atoms with Gasteiger partial charge in [-0.05, 0) is 43.4 Å². The summed E-state index contributed by atoms with van der Waals surface area (Å²) in [5.74, 6) is -0.600. The second-order valence-corrected chi connectivity index (χ2v) is 8.49. The van der Waals surface area contributed by atoms with Crippen molar-refractivity contribution < 1.29 is 9.72 Å². The minimum absolute atomic E-state index is 0.129. The zero-order valence-electron chi connectivity index (χ0n) is 14.4. The van der Waals surface area contributed by atoms with Gasteiger partial charge in [-0.3, -0.25) is 14.9 Å². The topological polar surface area (TPSA) is 96.3 Å². The van der Waals surface area contributed by atoms with Crippen LogP contribution in [0.25, 0.3) is 0 Å². The highest BCUT2D eigenvalue weighted by atomic mass is 35.6. The van der Waals surface area contributed by atoms with Gasteiger partial charge in [0.2, 0.25) is 3.79 Å². The van der Waals surface area contributed by atoms with E-state index in [9.17, 15) is 14.9 Å². The molecule has 0 bridgehead atoms. The van der Waals surface area contributed by atoms with Gasteiger partial charge in [0.05, 0.1) is 4.92 Å². The Balaban J connectivity index is 2.06. The first kappa shape index (κ1) is 22.2. The number of hydrogen-bond acceptors (Lipinski definition) is 4. The summed E-state index contributed by atoms with van der Waals surface area (Å²) in [6, 6.07) is 12.4. The Labute approximate surface area is 181 Å². The molecule has 0 heterocycles. The molecule has 3 N–H and O–H groups in total. The minimum atomic E-state index is -1.92. The average Bonchev–Trinajstić information content (AvgIpc) is 2.62. The van der Waals surface area contributed by atoms with Crippen LogP contribution in [0.1, 0.15) is 15.9 Å². The quantitative estimate of drug-likeness (QED) is 0.202. The molecule has 1 atom stereocenters. The van der Waals surface area contributed by atoms with Gasteiger partial charge in [0, 0.05) is 23.4 Å². The number of nitrogens with zero attached hydrogens (tertiary/aromatic N) is 1. The molecule has 28 heavy (non-hydrogen) atoms. The van der Waals surface area contributed by atoms with Crippen LogP contribution >= 0.6 is 47.0 Å². The maximum absolute atomic E-state index is 12.4. The van der Waals surface area contributed by atoms with Crippen LogP contribution in [0.15, 0.2) is 48.5 Å². The number of non-ortho nitro benzene ring substituents is 1. The number of carbonyl (C=O) groups is 1. The Morgan fingerprint density at radius 3 is 2.14 bits per heavy atom. The number of rotatable bonds is 5. The number of anilines is 1. The van der Waals surface area contributed by atoms with Crippen molar-refractivity contribution in [3.8, 4) is 0 Å². The Morgan fingerprint density at radius 1 is 1.07 bits per heavy atom. The first-order valence-corrected chi connectivity index (χ1v) is 9.36. The highest BCUT2D eigenvalue weighted by molar-refractivity contribution is 7.80. The standard InChI is InChI=1S/C17H15Cl3N4O3S/c1-10-2-6-12(7-3-10)21-16(28)23-15(17(18,19)20)22-14(25)11-4-8-13(9-5-11)24(26)27/h2-9,15H,1H3,(H,22,25)(H2,21,23,28). The maximum Gasteiger partial charge on any atom is 0.269 e. The van der Waals surface area contributed by atoms with Crippen LogP contribution in [0, 0.1) is 17.0 Å². The fourth-order valence-corrected chi connectivity index (χ4v) is 2.65. The van der Waals surface area contributed by atoms with Gasteiger partial charge in [-0.2, -0.15) is 0 Å². The average molecular weight is 462 g/mol. The number of thiocarbonyl (C=S) groups is 1. The van der Waals surface area contributed by atoms with E-state index in [1.54, 1.807) is 0 Å². The minimum Gasteiger partial charge on any atom is -0.339 e. The monoisotopic (exact) mass is 460 g/mol. The predicted octanol–water partition coefficient (Wildman–Crippen LogP) is 4.32. The zero-order valence-corrected chi connectivity index (χ0v) is 17.5. The van der Waals surface area contributed by atoms with E-state index >= 15 is 0 Å². The third kappa shape index (κ3) is 6.49. The Bertz CT molecular complexity index is 871. The number of nitrogens with one attached hydrogen (secondary N) is 3. The number of benzene rings is 2. The van der Waals surface area contributed by atoms with Crippen LogP contribution in [0.5, 0.6) is 0 Å². The zero-order chi connectivity index (χ0) is 20.9. The molecule has 1 amide bonds. The van der Waals surface area contributed by atoms with Gasteiger partial charge in [0.25, 0.3) is 11.6 Å². The van der Waals surface area contributed by atoms with Crippen molar-refractivity contribution in [2.75, 3.05) is 5.32 Å². The number of amides is 1. The first-order chi connectivity index (χ1) is 13.1. The van der Waals surface area contributed by atoms with Gasteiger partial charge in [-0.15, -0.1) is 0 Å². The number of hydrogen-bond donors (Lipinski definition) is 3. The second kappa shape index (κ2) is 9.38. The van der Waals surface area contributed by atoms with Crippen LogP contribution < -0.4 is 16.0 Å². The van der Waals surface area contributed by atoms with Crippen molar-refractivity contribution in [2.45, 2.75) is 16.9 Å². The summed E-state index contributed by atoms with van der Waals surface area (Å²) >= 11 is 23.0. The molecule has 2 aromatic rings. The van der Waals surface area contributed by atoms with E-state index in [2.05, 4.69) is 16.0 Å². The molecule has 0 saturated heterocycles. The van der Waals surface area contributed by atoms with Crippen LogP contribution in [0.2, 0.25) is 0 Å². The summed E-state index contributed by atoms with van der Waals surface area (Å²) in [7, 11) is 0. The van der Waals surface area contributed by atoms with Crippen molar-refractivity contribution in [3.05, 3.63) is 69.8 Å². The molecule has 0 spiro atoms. The van der Waals surface area contributed by atoms with E-state index < -0.39 is 20.8 Å². The Hall–Kier alpha value is -2.13. The van der Waals surface area contributed by atoms with Crippen molar-refractivity contribution >= 4 is 69.4 Å². The SMILES string of the molecule is Cc1ccc(NC(=S)NC(NC(=O)c2ccc([N+](=O)[O-])cc2)C(Cl)(Cl)Cl)cc1. The summed E-state index contributed by atoms with van der Waals surface area (Å²) in [6.07, 6.45) is -1.16. The number of carbonyl (C=O) groups excluding carboxylic acids is 1. The predicted molar refractivity (Wildman–Crippen MR) is 115 cm³/mol. The Morgan fingerprint density at radius 2 is 1.64 bits per heavy atom. The molecule has 7 nitrogen and oxygen atoms in total. The third-order valence-corrected chi connectivity index (χ3v) is 4.40. The summed E-state index contributed by atoms with van der Waals surface area (Å²) in [5.41, 5.74) is 1.81. The molecule has 0 aromatic heterocycles. The summed E-state index contributed by atoms with van der Waals surface area (Å²) in [6.45, 7) is 1.95. The molecule has 2 rings (SSSR count). The fraction of sp³-hybridized carbons (Fsp3) is 0.176. The van der Waals surface area contributed by atoms with Crippen LogP contribution in [-0.2, 0) is 0 Å². The van der Waals surface area contributed by atoms with Gasteiger partial charge in [-0.25, -0.2) is 0 Å². The van der Waals surface area contributed by atoms with E-state index in [4.69, 9.17) is 47.0 Å². The van der Waals surface area contributed by atoms with Gasteiger partial charge in [-0.1, -0.05) is 52.5 Å². The van der Waals surface area contributed by atoms with Crippen molar-refractivity contribution in [1.29, 1.82) is 0 Å².